The third kappa shape index (κ3) is 3.42. The molecule has 2 aromatic rings. The van der Waals surface area contributed by atoms with Gasteiger partial charge < -0.3 is 10.1 Å². The number of anilines is 1. The number of nitrogens with one attached hydrogen (secondary N) is 1. The smallest absolute Gasteiger partial charge is 0.311 e. The van der Waals surface area contributed by atoms with Crippen LogP contribution in [-0.2, 0) is 0 Å². The topological polar surface area (TPSA) is 107 Å². The number of nitro groups is 1. The van der Waals surface area contributed by atoms with Crippen molar-refractivity contribution in [2.75, 3.05) is 12.4 Å². The fourth-order valence-electron chi connectivity index (χ4n) is 1.55. The summed E-state index contributed by atoms with van der Waals surface area (Å²) in [6.45, 7) is 0. The van der Waals surface area contributed by atoms with Gasteiger partial charge in [-0.05, 0) is 24.3 Å². The molecule has 9 heteroatoms. The molecule has 1 amide bonds. The molecule has 0 aliphatic heterocycles. The Bertz CT molecular complexity index is 690. The van der Waals surface area contributed by atoms with Crippen LogP contribution in [0.2, 0.25) is 5.15 Å². The molecule has 0 radical (unpaired) electrons. The Balaban J connectivity index is 2.25. The molecule has 108 valence electrons. The number of nitrogens with zero attached hydrogens (tertiary/aromatic N) is 3. The van der Waals surface area contributed by atoms with Gasteiger partial charge in [0, 0.05) is 11.6 Å². The quantitative estimate of drug-likeness (QED) is 0.686. The summed E-state index contributed by atoms with van der Waals surface area (Å²) < 4.78 is 4.86. The number of hydrogen-bond donors (Lipinski definition) is 1. The first kappa shape index (κ1) is 14.7. The number of halogens is 1. The highest BCUT2D eigenvalue weighted by molar-refractivity contribution is 6.29. The van der Waals surface area contributed by atoms with Gasteiger partial charge in [-0.1, -0.05) is 11.6 Å². The molecule has 1 heterocycles. The predicted octanol–water partition coefficient (Wildman–Crippen LogP) is 2.30. The SMILES string of the molecule is COc1ccc(C(=O)Nc2ccc(Cl)nn2)cc1[N+](=O)[O-]. The second-order valence-corrected chi connectivity index (χ2v) is 4.23. The summed E-state index contributed by atoms with van der Waals surface area (Å²) in [5, 5.41) is 20.8. The Hall–Kier alpha value is -2.74. The van der Waals surface area contributed by atoms with Crippen LogP contribution < -0.4 is 10.1 Å². The number of nitro benzene ring substituents is 1. The Labute approximate surface area is 123 Å². The molecule has 1 aromatic heterocycles. The van der Waals surface area contributed by atoms with Gasteiger partial charge in [-0.15, -0.1) is 10.2 Å². The number of aromatic nitrogens is 2. The molecule has 0 atom stereocenters. The van der Waals surface area contributed by atoms with Gasteiger partial charge in [-0.25, -0.2) is 0 Å². The van der Waals surface area contributed by atoms with Gasteiger partial charge in [0.05, 0.1) is 12.0 Å². The van der Waals surface area contributed by atoms with Crippen molar-refractivity contribution in [3.8, 4) is 5.75 Å². The molecule has 0 saturated carbocycles. The third-order valence-electron chi connectivity index (χ3n) is 2.51. The van der Waals surface area contributed by atoms with E-state index < -0.39 is 10.8 Å². The van der Waals surface area contributed by atoms with Crippen molar-refractivity contribution < 1.29 is 14.5 Å². The summed E-state index contributed by atoms with van der Waals surface area (Å²) in [6.07, 6.45) is 0. The first-order valence-corrected chi connectivity index (χ1v) is 6.02. The van der Waals surface area contributed by atoms with Crippen molar-refractivity contribution in [1.29, 1.82) is 0 Å². The zero-order chi connectivity index (χ0) is 15.4. The molecule has 0 bridgehead atoms. The first-order chi connectivity index (χ1) is 10.0. The third-order valence-corrected chi connectivity index (χ3v) is 2.71. The average molecular weight is 309 g/mol. The van der Waals surface area contributed by atoms with Crippen LogP contribution in [0, 0.1) is 10.1 Å². The van der Waals surface area contributed by atoms with Crippen molar-refractivity contribution in [3.05, 3.63) is 51.2 Å². The van der Waals surface area contributed by atoms with Gasteiger partial charge >= 0.3 is 5.69 Å². The summed E-state index contributed by atoms with van der Waals surface area (Å²) in [4.78, 5) is 22.3. The number of carbonyl (C=O) groups excluding carboxylic acids is 1. The summed E-state index contributed by atoms with van der Waals surface area (Å²) in [7, 11) is 1.31. The number of methoxy groups -OCH3 is 1. The molecule has 0 saturated heterocycles. The first-order valence-electron chi connectivity index (χ1n) is 5.64. The molecule has 0 unspecified atom stereocenters. The average Bonchev–Trinajstić information content (AvgIpc) is 2.48. The van der Waals surface area contributed by atoms with E-state index in [9.17, 15) is 14.9 Å². The van der Waals surface area contributed by atoms with Crippen molar-refractivity contribution in [2.24, 2.45) is 0 Å². The lowest BCUT2D eigenvalue weighted by atomic mass is 10.1. The lowest BCUT2D eigenvalue weighted by Gasteiger charge is -2.06. The molecule has 0 aliphatic rings. The largest absolute Gasteiger partial charge is 0.490 e. The maximum Gasteiger partial charge on any atom is 0.311 e. The van der Waals surface area contributed by atoms with E-state index in [1.54, 1.807) is 0 Å². The minimum Gasteiger partial charge on any atom is -0.490 e. The number of benzene rings is 1. The van der Waals surface area contributed by atoms with E-state index in [1.807, 2.05) is 0 Å². The molecule has 0 fully saturated rings. The number of ether oxygens (including phenoxy) is 1. The summed E-state index contributed by atoms with van der Waals surface area (Å²) in [5.41, 5.74) is -0.202. The van der Waals surface area contributed by atoms with Gasteiger partial charge in [0.25, 0.3) is 5.91 Å². The van der Waals surface area contributed by atoms with E-state index in [0.717, 1.165) is 6.07 Å². The number of amides is 1. The zero-order valence-electron chi connectivity index (χ0n) is 10.7. The number of hydrogen-bond acceptors (Lipinski definition) is 6. The fourth-order valence-corrected chi connectivity index (χ4v) is 1.65. The van der Waals surface area contributed by atoms with Crippen LogP contribution in [0.3, 0.4) is 0 Å². The van der Waals surface area contributed by atoms with E-state index in [4.69, 9.17) is 16.3 Å². The minimum atomic E-state index is -0.627. The second kappa shape index (κ2) is 6.14. The Morgan fingerprint density at radius 2 is 2.10 bits per heavy atom. The molecule has 2 rings (SSSR count). The molecule has 8 nitrogen and oxygen atoms in total. The van der Waals surface area contributed by atoms with Gasteiger partial charge in [0.1, 0.15) is 0 Å². The minimum absolute atomic E-state index is 0.0721. The highest BCUT2D eigenvalue weighted by Gasteiger charge is 2.18. The Morgan fingerprint density at radius 3 is 2.67 bits per heavy atom. The van der Waals surface area contributed by atoms with Gasteiger partial charge in [-0.2, -0.15) is 0 Å². The maximum absolute atomic E-state index is 12.0. The predicted molar refractivity (Wildman–Crippen MR) is 74.6 cm³/mol. The van der Waals surface area contributed by atoms with Crippen molar-refractivity contribution in [3.63, 3.8) is 0 Å². The highest BCUT2D eigenvalue weighted by Crippen LogP contribution is 2.27. The zero-order valence-corrected chi connectivity index (χ0v) is 11.5. The van der Waals surface area contributed by atoms with Crippen LogP contribution >= 0.6 is 11.6 Å². The van der Waals surface area contributed by atoms with Gasteiger partial charge in [0.2, 0.25) is 0 Å². The molecule has 1 aromatic carbocycles. The van der Waals surface area contributed by atoms with Crippen LogP contribution in [0.25, 0.3) is 0 Å². The normalized spacial score (nSPS) is 10.0. The van der Waals surface area contributed by atoms with Crippen molar-refractivity contribution in [2.45, 2.75) is 0 Å². The molecular formula is C12H9ClN4O4. The standard InChI is InChI=1S/C12H9ClN4O4/c1-21-9-3-2-7(6-8(9)17(19)20)12(18)14-11-5-4-10(13)15-16-11/h2-6H,1H3,(H,14,16,18). The van der Waals surface area contributed by atoms with E-state index >= 15 is 0 Å². The lowest BCUT2D eigenvalue weighted by molar-refractivity contribution is -0.385. The van der Waals surface area contributed by atoms with E-state index in [1.165, 1.54) is 31.4 Å². The summed E-state index contributed by atoms with van der Waals surface area (Å²) >= 11 is 5.58. The molecule has 1 N–H and O–H groups in total. The lowest BCUT2D eigenvalue weighted by Crippen LogP contribution is -2.13. The fraction of sp³-hybridized carbons (Fsp3) is 0.0833. The maximum atomic E-state index is 12.0. The van der Waals surface area contributed by atoms with E-state index in [0.29, 0.717) is 0 Å². The Morgan fingerprint density at radius 1 is 1.33 bits per heavy atom. The van der Waals surface area contributed by atoms with Gasteiger partial charge in [0.15, 0.2) is 16.7 Å². The number of rotatable bonds is 4. The highest BCUT2D eigenvalue weighted by atomic mass is 35.5. The summed E-state index contributed by atoms with van der Waals surface area (Å²) in [6, 6.07) is 6.80. The van der Waals surface area contributed by atoms with E-state index in [2.05, 4.69) is 15.5 Å². The van der Waals surface area contributed by atoms with E-state index in [-0.39, 0.29) is 28.0 Å². The van der Waals surface area contributed by atoms with Crippen molar-refractivity contribution >= 4 is 29.0 Å². The van der Waals surface area contributed by atoms with Crippen LogP contribution in [-0.4, -0.2) is 28.1 Å². The molecule has 21 heavy (non-hydrogen) atoms. The van der Waals surface area contributed by atoms with Crippen LogP contribution in [0.1, 0.15) is 10.4 Å². The molecular weight excluding hydrogens is 300 g/mol. The Kier molecular flexibility index (Phi) is 4.29. The van der Waals surface area contributed by atoms with Crippen LogP contribution in [0.4, 0.5) is 11.5 Å². The van der Waals surface area contributed by atoms with Crippen LogP contribution in [0.5, 0.6) is 5.75 Å². The second-order valence-electron chi connectivity index (χ2n) is 3.84. The van der Waals surface area contributed by atoms with Crippen molar-refractivity contribution in [1.82, 2.24) is 10.2 Å². The molecule has 0 spiro atoms. The van der Waals surface area contributed by atoms with Gasteiger partial charge in [-0.3, -0.25) is 14.9 Å². The van der Waals surface area contributed by atoms with Crippen LogP contribution in [0.15, 0.2) is 30.3 Å². The molecule has 0 aliphatic carbocycles. The monoisotopic (exact) mass is 308 g/mol. The number of carbonyl (C=O) groups is 1. The summed E-state index contributed by atoms with van der Waals surface area (Å²) in [5.74, 6) is -0.303.